The largest absolute Gasteiger partial charge is 0.489 e. The van der Waals surface area contributed by atoms with Gasteiger partial charge in [0.15, 0.2) is 5.65 Å². The number of piperidine rings is 1. The molecule has 0 amide bonds. The van der Waals surface area contributed by atoms with Crippen LogP contribution in [0.15, 0.2) is 66.9 Å². The van der Waals surface area contributed by atoms with E-state index < -0.39 is 11.0 Å². The van der Waals surface area contributed by atoms with E-state index in [0.717, 1.165) is 59.8 Å². The second kappa shape index (κ2) is 9.22. The number of imidazole rings is 1. The van der Waals surface area contributed by atoms with Gasteiger partial charge in [-0.15, -0.1) is 0 Å². The Labute approximate surface area is 190 Å². The number of H-pyrrole nitrogens is 1. The molecule has 164 valence electrons. The normalized spacial score (nSPS) is 16.3. The molecule has 0 spiro atoms. The molecule has 1 aliphatic rings. The van der Waals surface area contributed by atoms with Crippen LogP contribution in [0.2, 0.25) is 0 Å². The van der Waals surface area contributed by atoms with Crippen LogP contribution in [-0.2, 0) is 17.6 Å². The van der Waals surface area contributed by atoms with E-state index in [4.69, 9.17) is 4.74 Å². The van der Waals surface area contributed by atoms with Crippen LogP contribution in [0.5, 0.6) is 5.75 Å². The Morgan fingerprint density at radius 2 is 1.84 bits per heavy atom. The number of hydrogen-bond acceptors (Lipinski definition) is 4. The zero-order valence-corrected chi connectivity index (χ0v) is 18.8. The molecular weight excluding hydrogens is 420 g/mol. The maximum atomic E-state index is 11.7. The van der Waals surface area contributed by atoms with Gasteiger partial charge in [0.2, 0.25) is 0 Å². The quantitative estimate of drug-likeness (QED) is 0.467. The molecule has 0 radical (unpaired) electrons. The van der Waals surface area contributed by atoms with E-state index in [1.807, 2.05) is 53.0 Å². The van der Waals surface area contributed by atoms with Gasteiger partial charge < -0.3 is 9.72 Å². The van der Waals surface area contributed by atoms with Crippen LogP contribution in [-0.4, -0.2) is 42.8 Å². The summed E-state index contributed by atoms with van der Waals surface area (Å²) < 4.78 is 19.6. The zero-order valence-electron chi connectivity index (χ0n) is 18.0. The molecule has 32 heavy (non-hydrogen) atoms. The first kappa shape index (κ1) is 20.8. The molecular formula is C25H26N4O2S. The molecule has 1 fully saturated rings. The van der Waals surface area contributed by atoms with Crippen molar-refractivity contribution in [3.63, 3.8) is 0 Å². The SMILES string of the molecule is CS(=O)N1CCC(c2cnc3nc(-c4ccc(OCc5ccccc5)cc4)[nH]c3c2)CC1. The predicted molar refractivity (Wildman–Crippen MR) is 128 cm³/mol. The number of hydrogen-bond donors (Lipinski definition) is 1. The Morgan fingerprint density at radius 3 is 2.56 bits per heavy atom. The minimum Gasteiger partial charge on any atom is -0.489 e. The van der Waals surface area contributed by atoms with Crippen LogP contribution in [0.1, 0.15) is 29.9 Å². The minimum absolute atomic E-state index is 0.444. The number of rotatable bonds is 6. The van der Waals surface area contributed by atoms with Crippen molar-refractivity contribution < 1.29 is 8.95 Å². The summed E-state index contributed by atoms with van der Waals surface area (Å²) in [4.78, 5) is 12.7. The van der Waals surface area contributed by atoms with Crippen LogP contribution in [0.3, 0.4) is 0 Å². The van der Waals surface area contributed by atoms with Crippen molar-refractivity contribution in [2.24, 2.45) is 0 Å². The lowest BCUT2D eigenvalue weighted by Gasteiger charge is -2.29. The number of benzene rings is 2. The molecule has 3 heterocycles. The molecule has 5 rings (SSSR count). The maximum Gasteiger partial charge on any atom is 0.178 e. The highest BCUT2D eigenvalue weighted by atomic mass is 32.2. The van der Waals surface area contributed by atoms with Crippen LogP contribution >= 0.6 is 0 Å². The lowest BCUT2D eigenvalue weighted by Crippen LogP contribution is -2.33. The van der Waals surface area contributed by atoms with E-state index in [-0.39, 0.29) is 0 Å². The summed E-state index contributed by atoms with van der Waals surface area (Å²) in [6.45, 7) is 2.27. The monoisotopic (exact) mass is 446 g/mol. The topological polar surface area (TPSA) is 71.1 Å². The van der Waals surface area contributed by atoms with Crippen LogP contribution in [0.4, 0.5) is 0 Å². The van der Waals surface area contributed by atoms with Gasteiger partial charge in [-0.05, 0) is 60.2 Å². The molecule has 1 N–H and O–H groups in total. The molecule has 2 aromatic carbocycles. The summed E-state index contributed by atoms with van der Waals surface area (Å²) in [6, 6.07) is 20.3. The molecule has 6 nitrogen and oxygen atoms in total. The summed E-state index contributed by atoms with van der Waals surface area (Å²) >= 11 is 0. The Kier molecular flexibility index (Phi) is 6.01. The molecule has 1 atom stereocenters. The number of fused-ring (bicyclic) bond motifs is 1. The van der Waals surface area contributed by atoms with Gasteiger partial charge in [0.05, 0.1) is 16.5 Å². The Hall–Kier alpha value is -3.03. The van der Waals surface area contributed by atoms with Crippen LogP contribution in [0, 0.1) is 0 Å². The van der Waals surface area contributed by atoms with E-state index in [9.17, 15) is 4.21 Å². The van der Waals surface area contributed by atoms with Crippen molar-refractivity contribution >= 4 is 22.1 Å². The number of nitrogens with zero attached hydrogens (tertiary/aromatic N) is 3. The Balaban J connectivity index is 1.28. The molecule has 4 aromatic rings. The number of pyridine rings is 1. The fraction of sp³-hybridized carbons (Fsp3) is 0.280. The van der Waals surface area contributed by atoms with E-state index in [1.54, 1.807) is 6.26 Å². The second-order valence-corrected chi connectivity index (χ2v) is 9.51. The van der Waals surface area contributed by atoms with E-state index in [2.05, 4.69) is 33.2 Å². The lowest BCUT2D eigenvalue weighted by atomic mass is 9.91. The molecule has 2 aromatic heterocycles. The van der Waals surface area contributed by atoms with Gasteiger partial charge in [-0.3, -0.25) is 0 Å². The second-order valence-electron chi connectivity index (χ2n) is 8.15. The van der Waals surface area contributed by atoms with Crippen LogP contribution < -0.4 is 4.74 Å². The summed E-state index contributed by atoms with van der Waals surface area (Å²) in [5.74, 6) is 2.07. The van der Waals surface area contributed by atoms with Crippen molar-refractivity contribution in [2.45, 2.75) is 25.4 Å². The van der Waals surface area contributed by atoms with Gasteiger partial charge in [-0.1, -0.05) is 30.3 Å². The standard InChI is InChI=1S/C25H26N4O2S/c1-32(30)29-13-11-19(12-14-29)21-15-23-25(26-16-21)28-24(27-23)20-7-9-22(10-8-20)31-17-18-5-3-2-4-6-18/h2-10,15-16,19H,11-14,17H2,1H3,(H,26,27,28). The molecule has 7 heteroatoms. The van der Waals surface area contributed by atoms with Gasteiger partial charge >= 0.3 is 0 Å². The third kappa shape index (κ3) is 4.59. The first-order valence-electron chi connectivity index (χ1n) is 10.9. The van der Waals surface area contributed by atoms with E-state index in [1.165, 1.54) is 5.56 Å². The third-order valence-electron chi connectivity index (χ3n) is 6.02. The van der Waals surface area contributed by atoms with Gasteiger partial charge in [-0.25, -0.2) is 18.5 Å². The van der Waals surface area contributed by atoms with Crippen LogP contribution in [0.25, 0.3) is 22.6 Å². The van der Waals surface area contributed by atoms with E-state index >= 15 is 0 Å². The maximum absolute atomic E-state index is 11.7. The van der Waals surface area contributed by atoms with Crippen molar-refractivity contribution in [1.29, 1.82) is 0 Å². The third-order valence-corrected chi connectivity index (χ3v) is 7.12. The number of aromatic amines is 1. The highest BCUT2D eigenvalue weighted by molar-refractivity contribution is 7.81. The average Bonchev–Trinajstić information content (AvgIpc) is 3.27. The summed E-state index contributed by atoms with van der Waals surface area (Å²) in [5.41, 5.74) is 5.03. The number of ether oxygens (including phenoxy) is 1. The average molecular weight is 447 g/mol. The summed E-state index contributed by atoms with van der Waals surface area (Å²) in [6.07, 6.45) is 5.69. The van der Waals surface area contributed by atoms with Gasteiger partial charge in [-0.2, -0.15) is 0 Å². The van der Waals surface area contributed by atoms with Crippen molar-refractivity contribution in [3.8, 4) is 17.1 Å². The van der Waals surface area contributed by atoms with Gasteiger partial charge in [0.25, 0.3) is 0 Å². The smallest absolute Gasteiger partial charge is 0.178 e. The zero-order chi connectivity index (χ0) is 21.9. The van der Waals surface area contributed by atoms with Crippen molar-refractivity contribution in [3.05, 3.63) is 78.0 Å². The van der Waals surface area contributed by atoms with Gasteiger partial charge in [0, 0.05) is 31.1 Å². The van der Waals surface area contributed by atoms with E-state index in [0.29, 0.717) is 12.5 Å². The highest BCUT2D eigenvalue weighted by Gasteiger charge is 2.23. The molecule has 1 unspecified atom stereocenters. The lowest BCUT2D eigenvalue weighted by molar-refractivity contribution is 0.306. The number of aromatic nitrogens is 3. The number of nitrogens with one attached hydrogen (secondary N) is 1. The molecule has 0 bridgehead atoms. The summed E-state index contributed by atoms with van der Waals surface area (Å²) in [5, 5.41) is 0. The molecule has 0 saturated carbocycles. The van der Waals surface area contributed by atoms with Crippen molar-refractivity contribution in [2.75, 3.05) is 19.3 Å². The highest BCUT2D eigenvalue weighted by Crippen LogP contribution is 2.30. The fourth-order valence-electron chi connectivity index (χ4n) is 4.17. The first-order valence-corrected chi connectivity index (χ1v) is 12.4. The van der Waals surface area contributed by atoms with Gasteiger partial charge in [0.1, 0.15) is 18.2 Å². The minimum atomic E-state index is -0.884. The predicted octanol–water partition coefficient (Wildman–Crippen LogP) is 4.68. The molecule has 1 aliphatic heterocycles. The molecule has 1 saturated heterocycles. The summed E-state index contributed by atoms with van der Waals surface area (Å²) in [7, 11) is -0.884. The Morgan fingerprint density at radius 1 is 1.09 bits per heavy atom. The molecule has 0 aliphatic carbocycles. The Bertz CT molecular complexity index is 1220. The fourth-order valence-corrected chi connectivity index (χ4v) is 4.90. The van der Waals surface area contributed by atoms with Crippen molar-refractivity contribution in [1.82, 2.24) is 19.3 Å². The first-order chi connectivity index (χ1) is 15.7.